The van der Waals surface area contributed by atoms with Gasteiger partial charge in [-0.15, -0.1) is 0 Å². The molecule has 2 saturated heterocycles. The van der Waals surface area contributed by atoms with Gasteiger partial charge < -0.3 is 10.2 Å². The lowest BCUT2D eigenvalue weighted by molar-refractivity contribution is -0.127. The smallest absolute Gasteiger partial charge is 0.227 e. The molecular formula is C23H24F3N3O2. The Morgan fingerprint density at radius 1 is 1.00 bits per heavy atom. The number of amides is 2. The summed E-state index contributed by atoms with van der Waals surface area (Å²) < 4.78 is 40.5. The minimum Gasteiger partial charge on any atom is -0.353 e. The van der Waals surface area contributed by atoms with Crippen molar-refractivity contribution in [1.29, 1.82) is 0 Å². The van der Waals surface area contributed by atoms with Gasteiger partial charge in [-0.3, -0.25) is 14.5 Å². The molecule has 8 heteroatoms. The van der Waals surface area contributed by atoms with Gasteiger partial charge in [0.25, 0.3) is 0 Å². The zero-order valence-corrected chi connectivity index (χ0v) is 17.0. The Morgan fingerprint density at radius 3 is 2.45 bits per heavy atom. The van der Waals surface area contributed by atoms with Gasteiger partial charge in [-0.05, 0) is 42.7 Å². The van der Waals surface area contributed by atoms with Crippen molar-refractivity contribution in [3.63, 3.8) is 0 Å². The van der Waals surface area contributed by atoms with Gasteiger partial charge in [0.15, 0.2) is 11.6 Å². The summed E-state index contributed by atoms with van der Waals surface area (Å²) in [5.74, 6) is -3.14. The van der Waals surface area contributed by atoms with Crippen molar-refractivity contribution in [2.75, 3.05) is 24.5 Å². The van der Waals surface area contributed by atoms with E-state index in [1.165, 1.54) is 23.1 Å². The normalized spacial score (nSPS) is 20.3. The minimum absolute atomic E-state index is 0.00804. The van der Waals surface area contributed by atoms with Gasteiger partial charge in [-0.2, -0.15) is 0 Å². The quantitative estimate of drug-likeness (QED) is 0.791. The highest BCUT2D eigenvalue weighted by molar-refractivity contribution is 6.00. The van der Waals surface area contributed by atoms with Crippen LogP contribution in [0.3, 0.4) is 0 Å². The zero-order chi connectivity index (χ0) is 22.0. The molecular weight excluding hydrogens is 407 g/mol. The lowest BCUT2D eigenvalue weighted by Crippen LogP contribution is -2.46. The number of likely N-dealkylation sites (tertiary alicyclic amines) is 1. The Morgan fingerprint density at radius 2 is 1.74 bits per heavy atom. The van der Waals surface area contributed by atoms with Crippen LogP contribution >= 0.6 is 0 Å². The highest BCUT2D eigenvalue weighted by Crippen LogP contribution is 2.27. The van der Waals surface area contributed by atoms with Gasteiger partial charge in [0, 0.05) is 38.6 Å². The number of para-hydroxylation sites is 1. The Labute approximate surface area is 178 Å². The second-order valence-electron chi connectivity index (χ2n) is 8.16. The predicted octanol–water partition coefficient (Wildman–Crippen LogP) is 3.24. The first-order valence-corrected chi connectivity index (χ1v) is 10.4. The van der Waals surface area contributed by atoms with Gasteiger partial charge in [-0.1, -0.05) is 18.2 Å². The predicted molar refractivity (Wildman–Crippen MR) is 110 cm³/mol. The Bertz CT molecular complexity index is 976. The van der Waals surface area contributed by atoms with Crippen molar-refractivity contribution in [1.82, 2.24) is 10.2 Å². The molecule has 5 nitrogen and oxygen atoms in total. The zero-order valence-electron chi connectivity index (χ0n) is 17.0. The number of carbonyl (C=O) groups is 2. The summed E-state index contributed by atoms with van der Waals surface area (Å²) in [6.45, 7) is 2.12. The number of anilines is 1. The molecule has 2 amide bonds. The number of piperidine rings is 1. The van der Waals surface area contributed by atoms with Crippen LogP contribution in [-0.4, -0.2) is 42.4 Å². The molecule has 2 heterocycles. The summed E-state index contributed by atoms with van der Waals surface area (Å²) in [6.07, 6.45) is 1.52. The van der Waals surface area contributed by atoms with Gasteiger partial charge in [-0.25, -0.2) is 13.2 Å². The number of carbonyl (C=O) groups excluding carboxylic acids is 2. The number of rotatable bonds is 5. The van der Waals surface area contributed by atoms with E-state index in [9.17, 15) is 22.8 Å². The third kappa shape index (κ3) is 4.90. The van der Waals surface area contributed by atoms with E-state index < -0.39 is 23.4 Å². The van der Waals surface area contributed by atoms with E-state index in [1.807, 2.05) is 0 Å². The van der Waals surface area contributed by atoms with Crippen LogP contribution in [0.2, 0.25) is 0 Å². The maximum Gasteiger partial charge on any atom is 0.227 e. The Kier molecular flexibility index (Phi) is 6.27. The van der Waals surface area contributed by atoms with Gasteiger partial charge >= 0.3 is 0 Å². The number of hydrogen-bond acceptors (Lipinski definition) is 3. The topological polar surface area (TPSA) is 52.7 Å². The first-order chi connectivity index (χ1) is 14.9. The van der Waals surface area contributed by atoms with E-state index in [2.05, 4.69) is 10.2 Å². The largest absolute Gasteiger partial charge is 0.353 e. The van der Waals surface area contributed by atoms with Crippen molar-refractivity contribution in [3.05, 3.63) is 65.5 Å². The van der Waals surface area contributed by atoms with Crippen LogP contribution in [0.5, 0.6) is 0 Å². The number of hydrogen-bond donors (Lipinski definition) is 1. The van der Waals surface area contributed by atoms with E-state index in [1.54, 1.807) is 18.2 Å². The van der Waals surface area contributed by atoms with Crippen LogP contribution in [0.4, 0.5) is 18.9 Å². The SMILES string of the molecule is O=C(NC1CCN(Cc2ccc(F)c(F)c2)CC1)C1CC(=O)N(c2ccccc2F)C1. The summed E-state index contributed by atoms with van der Waals surface area (Å²) in [4.78, 5) is 28.5. The van der Waals surface area contributed by atoms with Crippen LogP contribution in [0.25, 0.3) is 0 Å². The molecule has 0 bridgehead atoms. The third-order valence-electron chi connectivity index (χ3n) is 5.96. The van der Waals surface area contributed by atoms with Gasteiger partial charge in [0.1, 0.15) is 5.82 Å². The molecule has 2 aliphatic heterocycles. The molecule has 2 aromatic carbocycles. The van der Waals surface area contributed by atoms with Gasteiger partial charge in [0.2, 0.25) is 11.8 Å². The van der Waals surface area contributed by atoms with E-state index in [4.69, 9.17) is 0 Å². The lowest BCUT2D eigenvalue weighted by Gasteiger charge is -2.32. The molecule has 0 radical (unpaired) electrons. The third-order valence-corrected chi connectivity index (χ3v) is 5.96. The molecule has 164 valence electrons. The highest BCUT2D eigenvalue weighted by Gasteiger charge is 2.37. The number of halogens is 3. The van der Waals surface area contributed by atoms with E-state index in [0.29, 0.717) is 12.1 Å². The molecule has 0 aliphatic carbocycles. The molecule has 4 rings (SSSR count). The Hall–Kier alpha value is -2.87. The number of nitrogens with zero attached hydrogens (tertiary/aromatic N) is 2. The first kappa shape index (κ1) is 21.4. The fourth-order valence-electron chi connectivity index (χ4n) is 4.24. The maximum atomic E-state index is 14.0. The summed E-state index contributed by atoms with van der Waals surface area (Å²) in [6, 6.07) is 9.96. The summed E-state index contributed by atoms with van der Waals surface area (Å²) in [5, 5.41) is 3.02. The fraction of sp³-hybridized carbons (Fsp3) is 0.391. The fourth-order valence-corrected chi connectivity index (χ4v) is 4.24. The average molecular weight is 431 g/mol. The van der Waals surface area contributed by atoms with E-state index >= 15 is 0 Å². The van der Waals surface area contributed by atoms with Crippen molar-refractivity contribution in [2.45, 2.75) is 31.8 Å². The van der Waals surface area contributed by atoms with Crippen molar-refractivity contribution in [3.8, 4) is 0 Å². The molecule has 0 saturated carbocycles. The molecule has 2 aromatic rings. The second kappa shape index (κ2) is 9.09. The van der Waals surface area contributed by atoms with Crippen LogP contribution in [0, 0.1) is 23.4 Å². The number of nitrogens with one attached hydrogen (secondary N) is 1. The van der Waals surface area contributed by atoms with E-state index in [-0.39, 0.29) is 36.5 Å². The molecule has 31 heavy (non-hydrogen) atoms. The molecule has 1 atom stereocenters. The van der Waals surface area contributed by atoms with Gasteiger partial charge in [0.05, 0.1) is 11.6 Å². The maximum absolute atomic E-state index is 14.0. The van der Waals surface area contributed by atoms with E-state index in [0.717, 1.165) is 32.0 Å². The molecule has 2 aliphatic rings. The van der Waals surface area contributed by atoms with Crippen LogP contribution < -0.4 is 10.2 Å². The molecule has 0 aromatic heterocycles. The van der Waals surface area contributed by atoms with Crippen LogP contribution in [0.15, 0.2) is 42.5 Å². The average Bonchev–Trinajstić information content (AvgIpc) is 3.14. The summed E-state index contributed by atoms with van der Waals surface area (Å²) in [5.41, 5.74) is 0.910. The molecule has 2 fully saturated rings. The number of benzene rings is 2. The van der Waals surface area contributed by atoms with Crippen molar-refractivity contribution in [2.24, 2.45) is 5.92 Å². The highest BCUT2D eigenvalue weighted by atomic mass is 19.2. The lowest BCUT2D eigenvalue weighted by atomic mass is 10.0. The molecule has 1 unspecified atom stereocenters. The Balaban J connectivity index is 1.27. The minimum atomic E-state index is -0.857. The monoisotopic (exact) mass is 431 g/mol. The summed E-state index contributed by atoms with van der Waals surface area (Å²) in [7, 11) is 0. The first-order valence-electron chi connectivity index (χ1n) is 10.4. The second-order valence-corrected chi connectivity index (χ2v) is 8.16. The van der Waals surface area contributed by atoms with Crippen LogP contribution in [0.1, 0.15) is 24.8 Å². The molecule has 0 spiro atoms. The summed E-state index contributed by atoms with van der Waals surface area (Å²) >= 11 is 0. The van der Waals surface area contributed by atoms with Crippen LogP contribution in [-0.2, 0) is 16.1 Å². The molecule has 1 N–H and O–H groups in total. The van der Waals surface area contributed by atoms with Crippen molar-refractivity contribution < 1.29 is 22.8 Å². The standard InChI is InChI=1S/C23H24F3N3O2/c24-18-6-5-15(11-20(18)26)13-28-9-7-17(8-10-28)27-23(31)16-12-22(30)29(14-16)21-4-2-1-3-19(21)25/h1-6,11,16-17H,7-10,12-14H2,(H,27,31). The van der Waals surface area contributed by atoms with Crippen molar-refractivity contribution >= 4 is 17.5 Å².